The van der Waals surface area contributed by atoms with Crippen LogP contribution in [0.15, 0.2) is 0 Å². The Morgan fingerprint density at radius 3 is 2.48 bits per heavy atom. The Hall–Kier alpha value is -1.80. The van der Waals surface area contributed by atoms with E-state index >= 15 is 0 Å². The number of rotatable bonds is 13. The SMILES string of the molecule is CCCC[C@H](CC(=O)[C@@H]1CCCN1C(=O)CN)C(=O)N[C@@H](CC(C)C)C(=O)[C@@]1(C)CO1. The molecule has 0 unspecified atom stereocenters. The lowest BCUT2D eigenvalue weighted by molar-refractivity contribution is -0.138. The normalized spacial score (nSPS) is 24.7. The van der Waals surface area contributed by atoms with Crippen LogP contribution in [0.5, 0.6) is 0 Å². The molecule has 0 bridgehead atoms. The maximum absolute atomic E-state index is 13.2. The standard InChI is InChI=1S/C23H39N3O5/c1-5-6-8-16(12-19(27)18-9-7-10-26(18)20(28)13-24)22(30)25-17(11-15(2)3)21(29)23(4)14-31-23/h15-18H,5-14,24H2,1-4H3,(H,25,30)/t16-,17+,18+,23-/m1/s1. The van der Waals surface area contributed by atoms with Gasteiger partial charge < -0.3 is 20.7 Å². The topological polar surface area (TPSA) is 122 Å². The van der Waals surface area contributed by atoms with Crippen LogP contribution in [0.1, 0.15) is 72.6 Å². The number of hydrogen-bond donors (Lipinski definition) is 2. The van der Waals surface area contributed by atoms with E-state index in [4.69, 9.17) is 10.5 Å². The predicted molar refractivity (Wildman–Crippen MR) is 117 cm³/mol. The van der Waals surface area contributed by atoms with Crippen molar-refractivity contribution in [1.29, 1.82) is 0 Å². The van der Waals surface area contributed by atoms with Crippen molar-refractivity contribution in [3.8, 4) is 0 Å². The molecule has 176 valence electrons. The van der Waals surface area contributed by atoms with Crippen LogP contribution in [0.3, 0.4) is 0 Å². The lowest BCUT2D eigenvalue weighted by Gasteiger charge is -2.27. The molecule has 2 rings (SSSR count). The Morgan fingerprint density at radius 1 is 1.26 bits per heavy atom. The molecule has 0 aromatic rings. The van der Waals surface area contributed by atoms with Gasteiger partial charge in [-0.25, -0.2) is 0 Å². The molecule has 4 atom stereocenters. The average Bonchev–Trinajstić information content (AvgIpc) is 3.28. The van der Waals surface area contributed by atoms with Crippen molar-refractivity contribution < 1.29 is 23.9 Å². The number of carbonyl (C=O) groups is 4. The Kier molecular flexibility index (Phi) is 9.18. The summed E-state index contributed by atoms with van der Waals surface area (Å²) >= 11 is 0. The van der Waals surface area contributed by atoms with E-state index in [1.165, 1.54) is 0 Å². The quantitative estimate of drug-likeness (QED) is 0.422. The molecule has 8 nitrogen and oxygen atoms in total. The number of likely N-dealkylation sites (tertiary alicyclic amines) is 1. The second-order valence-electron chi connectivity index (χ2n) is 9.53. The van der Waals surface area contributed by atoms with Gasteiger partial charge in [-0.2, -0.15) is 0 Å². The van der Waals surface area contributed by atoms with Gasteiger partial charge in [0.05, 0.1) is 25.2 Å². The van der Waals surface area contributed by atoms with E-state index < -0.39 is 23.6 Å². The van der Waals surface area contributed by atoms with Crippen LogP contribution in [-0.2, 0) is 23.9 Å². The number of amides is 2. The monoisotopic (exact) mass is 437 g/mol. The molecule has 0 aliphatic carbocycles. The van der Waals surface area contributed by atoms with Crippen LogP contribution < -0.4 is 11.1 Å². The molecule has 0 saturated carbocycles. The van der Waals surface area contributed by atoms with Crippen LogP contribution in [0.4, 0.5) is 0 Å². The van der Waals surface area contributed by atoms with Gasteiger partial charge in [0.15, 0.2) is 11.6 Å². The van der Waals surface area contributed by atoms with Gasteiger partial charge in [-0.05, 0) is 38.5 Å². The summed E-state index contributed by atoms with van der Waals surface area (Å²) in [5, 5.41) is 2.92. The minimum atomic E-state index is -0.811. The third-order valence-electron chi connectivity index (χ3n) is 6.28. The summed E-state index contributed by atoms with van der Waals surface area (Å²) in [5.74, 6) is -0.990. The van der Waals surface area contributed by atoms with Crippen molar-refractivity contribution >= 4 is 23.4 Å². The minimum Gasteiger partial charge on any atom is -0.361 e. The second kappa shape index (κ2) is 11.2. The Morgan fingerprint density at radius 2 is 1.94 bits per heavy atom. The molecule has 3 N–H and O–H groups in total. The summed E-state index contributed by atoms with van der Waals surface area (Å²) in [6, 6.07) is -1.12. The van der Waals surface area contributed by atoms with Crippen molar-refractivity contribution in [3.05, 3.63) is 0 Å². The number of nitrogens with one attached hydrogen (secondary N) is 1. The second-order valence-corrected chi connectivity index (χ2v) is 9.53. The number of ether oxygens (including phenoxy) is 1. The molecule has 0 radical (unpaired) electrons. The van der Waals surface area contributed by atoms with E-state index in [1.54, 1.807) is 11.8 Å². The lowest BCUT2D eigenvalue weighted by atomic mass is 9.89. The van der Waals surface area contributed by atoms with E-state index in [9.17, 15) is 19.2 Å². The molecule has 0 aromatic carbocycles. The zero-order valence-electron chi connectivity index (χ0n) is 19.4. The van der Waals surface area contributed by atoms with Gasteiger partial charge in [0.2, 0.25) is 11.8 Å². The number of nitrogens with zero attached hydrogens (tertiary/aromatic N) is 1. The molecule has 2 aliphatic heterocycles. The van der Waals surface area contributed by atoms with Gasteiger partial charge in [-0.15, -0.1) is 0 Å². The lowest BCUT2D eigenvalue weighted by Crippen LogP contribution is -2.49. The number of unbranched alkanes of at least 4 members (excludes halogenated alkanes) is 1. The number of hydrogen-bond acceptors (Lipinski definition) is 6. The van der Waals surface area contributed by atoms with Gasteiger partial charge in [0.1, 0.15) is 5.60 Å². The maximum Gasteiger partial charge on any atom is 0.236 e. The summed E-state index contributed by atoms with van der Waals surface area (Å²) in [4.78, 5) is 52.6. The van der Waals surface area contributed by atoms with Gasteiger partial charge in [0, 0.05) is 18.9 Å². The summed E-state index contributed by atoms with van der Waals surface area (Å²) in [6.07, 6.45) is 4.25. The third kappa shape index (κ3) is 6.84. The Balaban J connectivity index is 2.08. The Labute approximate surface area is 185 Å². The zero-order valence-corrected chi connectivity index (χ0v) is 19.4. The predicted octanol–water partition coefficient (Wildman–Crippen LogP) is 1.59. The number of epoxide rings is 1. The fraction of sp³-hybridized carbons (Fsp3) is 0.826. The molecular formula is C23H39N3O5. The summed E-state index contributed by atoms with van der Waals surface area (Å²) in [5.41, 5.74) is 4.67. The molecule has 2 amide bonds. The van der Waals surface area contributed by atoms with E-state index in [0.29, 0.717) is 32.4 Å². The number of carbonyl (C=O) groups excluding carboxylic acids is 4. The largest absolute Gasteiger partial charge is 0.361 e. The first-order valence-electron chi connectivity index (χ1n) is 11.6. The summed E-state index contributed by atoms with van der Waals surface area (Å²) < 4.78 is 5.30. The minimum absolute atomic E-state index is 0.0706. The van der Waals surface area contributed by atoms with E-state index in [0.717, 1.165) is 19.3 Å². The first-order chi connectivity index (χ1) is 14.6. The molecular weight excluding hydrogens is 398 g/mol. The molecule has 2 aliphatic rings. The van der Waals surface area contributed by atoms with Crippen LogP contribution >= 0.6 is 0 Å². The summed E-state index contributed by atoms with van der Waals surface area (Å²) in [6.45, 7) is 8.57. The first kappa shape index (κ1) is 25.5. The highest BCUT2D eigenvalue weighted by Gasteiger charge is 2.50. The highest BCUT2D eigenvalue weighted by Crippen LogP contribution is 2.30. The molecule has 8 heteroatoms. The van der Waals surface area contributed by atoms with Crippen molar-refractivity contribution in [3.63, 3.8) is 0 Å². The molecule has 31 heavy (non-hydrogen) atoms. The number of Topliss-reactive ketones (excluding diaryl/α,β-unsaturated/α-hetero) is 2. The average molecular weight is 438 g/mol. The van der Waals surface area contributed by atoms with Crippen LogP contribution in [0.2, 0.25) is 0 Å². The van der Waals surface area contributed by atoms with Crippen LogP contribution in [0, 0.1) is 11.8 Å². The Bertz CT molecular complexity index is 674. The van der Waals surface area contributed by atoms with E-state index in [-0.39, 0.29) is 42.3 Å². The van der Waals surface area contributed by atoms with Gasteiger partial charge >= 0.3 is 0 Å². The molecule has 2 fully saturated rings. The molecule has 0 spiro atoms. The zero-order chi connectivity index (χ0) is 23.2. The van der Waals surface area contributed by atoms with Crippen molar-refractivity contribution in [2.24, 2.45) is 17.6 Å². The highest BCUT2D eigenvalue weighted by molar-refractivity contribution is 5.98. The van der Waals surface area contributed by atoms with Gasteiger partial charge in [-0.3, -0.25) is 19.2 Å². The fourth-order valence-corrected chi connectivity index (χ4v) is 4.28. The highest BCUT2D eigenvalue weighted by atomic mass is 16.6. The van der Waals surface area contributed by atoms with Crippen LogP contribution in [-0.4, -0.2) is 65.7 Å². The number of nitrogens with two attached hydrogens (primary N) is 1. The fourth-order valence-electron chi connectivity index (χ4n) is 4.28. The first-order valence-corrected chi connectivity index (χ1v) is 11.6. The molecule has 2 heterocycles. The van der Waals surface area contributed by atoms with E-state index in [2.05, 4.69) is 5.32 Å². The van der Waals surface area contributed by atoms with Crippen molar-refractivity contribution in [2.45, 2.75) is 90.3 Å². The molecule has 2 saturated heterocycles. The maximum atomic E-state index is 13.2. The smallest absolute Gasteiger partial charge is 0.236 e. The van der Waals surface area contributed by atoms with Gasteiger partial charge in [0.25, 0.3) is 0 Å². The third-order valence-corrected chi connectivity index (χ3v) is 6.28. The molecule has 0 aromatic heterocycles. The summed E-state index contributed by atoms with van der Waals surface area (Å²) in [7, 11) is 0. The van der Waals surface area contributed by atoms with Crippen molar-refractivity contribution in [2.75, 3.05) is 19.7 Å². The number of ketones is 2. The van der Waals surface area contributed by atoms with Crippen molar-refractivity contribution in [1.82, 2.24) is 10.2 Å². The van der Waals surface area contributed by atoms with E-state index in [1.807, 2.05) is 20.8 Å². The van der Waals surface area contributed by atoms with Gasteiger partial charge in [-0.1, -0.05) is 33.6 Å². The van der Waals surface area contributed by atoms with Crippen LogP contribution in [0.25, 0.3) is 0 Å².